The van der Waals surface area contributed by atoms with Crippen molar-refractivity contribution in [2.75, 3.05) is 4.90 Å². The molecular formula is C63H43NO. The molecule has 65 heavy (non-hydrogen) atoms. The minimum Gasteiger partial charge on any atom is -0.456 e. The molecule has 2 nitrogen and oxygen atoms in total. The summed E-state index contributed by atoms with van der Waals surface area (Å²) >= 11 is 0. The fourth-order valence-corrected chi connectivity index (χ4v) is 11.5. The molecule has 1 heterocycles. The van der Waals surface area contributed by atoms with Crippen molar-refractivity contribution in [3.8, 4) is 33.4 Å². The van der Waals surface area contributed by atoms with Gasteiger partial charge in [-0.2, -0.15) is 0 Å². The first-order chi connectivity index (χ1) is 32.1. The van der Waals surface area contributed by atoms with Crippen molar-refractivity contribution in [2.45, 2.75) is 17.8 Å². The van der Waals surface area contributed by atoms with Crippen molar-refractivity contribution >= 4 is 39.0 Å². The first-order valence-corrected chi connectivity index (χ1v) is 22.6. The van der Waals surface area contributed by atoms with Crippen LogP contribution in [0.2, 0.25) is 0 Å². The molecule has 0 N–H and O–H groups in total. The predicted molar refractivity (Wildman–Crippen MR) is 269 cm³/mol. The van der Waals surface area contributed by atoms with Gasteiger partial charge in [0.15, 0.2) is 0 Å². The third kappa shape index (κ3) is 5.47. The zero-order chi connectivity index (χ0) is 43.1. The first kappa shape index (κ1) is 37.4. The van der Waals surface area contributed by atoms with Crippen molar-refractivity contribution in [3.05, 3.63) is 282 Å². The number of fused-ring (bicyclic) bond motifs is 9. The van der Waals surface area contributed by atoms with E-state index in [-0.39, 0.29) is 5.41 Å². The van der Waals surface area contributed by atoms with Gasteiger partial charge in [0.25, 0.3) is 0 Å². The van der Waals surface area contributed by atoms with Crippen LogP contribution in [0.5, 0.6) is 0 Å². The van der Waals surface area contributed by atoms with Gasteiger partial charge in [-0.05, 0) is 134 Å². The minimum atomic E-state index is -0.479. The van der Waals surface area contributed by atoms with Gasteiger partial charge in [-0.15, -0.1) is 0 Å². The Morgan fingerprint density at radius 1 is 0.323 bits per heavy atom. The SMILES string of the molecule is CC1(c2ccccc2)c2ccccc2-c2cc(N(c3cccc(-c4ccc5oc6ccccc6c5c4)c3)c3ccc4c(c3)-c3ccccc3C4(c3ccccc3)c3ccccc3)ccc21. The third-order valence-corrected chi connectivity index (χ3v) is 14.4. The Bertz CT molecular complexity index is 3580. The lowest BCUT2D eigenvalue weighted by Gasteiger charge is -2.34. The molecule has 0 fully saturated rings. The number of anilines is 3. The highest BCUT2D eigenvalue weighted by atomic mass is 16.3. The second kappa shape index (κ2) is 14.4. The normalized spacial score (nSPS) is 15.3. The quantitative estimate of drug-likeness (QED) is 0.159. The zero-order valence-corrected chi connectivity index (χ0v) is 35.9. The second-order valence-corrected chi connectivity index (χ2v) is 17.7. The molecule has 1 unspecified atom stereocenters. The van der Waals surface area contributed by atoms with E-state index in [9.17, 15) is 0 Å². The van der Waals surface area contributed by atoms with E-state index in [1.807, 2.05) is 12.1 Å². The Morgan fingerprint density at radius 2 is 0.815 bits per heavy atom. The van der Waals surface area contributed by atoms with Gasteiger partial charge in [0, 0.05) is 33.2 Å². The predicted octanol–water partition coefficient (Wildman–Crippen LogP) is 16.4. The molecule has 0 radical (unpaired) electrons. The van der Waals surface area contributed by atoms with Gasteiger partial charge >= 0.3 is 0 Å². The monoisotopic (exact) mass is 829 g/mol. The molecule has 306 valence electrons. The summed E-state index contributed by atoms with van der Waals surface area (Å²) < 4.78 is 6.25. The van der Waals surface area contributed by atoms with Crippen LogP contribution in [0.15, 0.2) is 247 Å². The minimum absolute atomic E-state index is 0.290. The van der Waals surface area contributed by atoms with E-state index < -0.39 is 5.41 Å². The summed E-state index contributed by atoms with van der Waals surface area (Å²) in [6, 6.07) is 89.3. The molecule has 10 aromatic carbocycles. The highest BCUT2D eigenvalue weighted by Gasteiger charge is 2.46. The van der Waals surface area contributed by atoms with Gasteiger partial charge < -0.3 is 9.32 Å². The van der Waals surface area contributed by atoms with E-state index in [1.165, 1.54) is 61.2 Å². The smallest absolute Gasteiger partial charge is 0.135 e. The maximum Gasteiger partial charge on any atom is 0.135 e. The van der Waals surface area contributed by atoms with Gasteiger partial charge in [-0.1, -0.05) is 188 Å². The van der Waals surface area contributed by atoms with E-state index in [1.54, 1.807) is 0 Å². The number of nitrogens with zero attached hydrogens (tertiary/aromatic N) is 1. The standard InChI is InChI=1S/C63H43NO/c1-62(44-19-5-2-6-20-44)56-29-14-11-26-50(56)53-40-48(33-35-57(53)62)64(47-25-17-18-42(38-47)43-32-37-61-55(39-43)52-28-13-16-31-60(52)65-61)49-34-36-59-54(41-49)51-27-12-15-30-58(51)63(59,45-21-7-3-8-22-45)46-23-9-4-10-24-46/h2-41H,1H3. The van der Waals surface area contributed by atoms with Crippen molar-refractivity contribution in [2.24, 2.45) is 0 Å². The van der Waals surface area contributed by atoms with E-state index in [2.05, 4.69) is 242 Å². The van der Waals surface area contributed by atoms with Crippen LogP contribution in [0.1, 0.15) is 45.9 Å². The summed E-state index contributed by atoms with van der Waals surface area (Å²) in [6.45, 7) is 2.39. The molecule has 0 bridgehead atoms. The van der Waals surface area contributed by atoms with Crippen molar-refractivity contribution in [3.63, 3.8) is 0 Å². The topological polar surface area (TPSA) is 16.4 Å². The number of rotatable bonds is 7. The number of furan rings is 1. The third-order valence-electron chi connectivity index (χ3n) is 14.4. The van der Waals surface area contributed by atoms with Crippen molar-refractivity contribution < 1.29 is 4.42 Å². The van der Waals surface area contributed by atoms with Crippen LogP contribution in [-0.2, 0) is 10.8 Å². The molecule has 1 atom stereocenters. The first-order valence-electron chi connectivity index (χ1n) is 22.6. The molecule has 2 aliphatic carbocycles. The summed E-state index contributed by atoms with van der Waals surface area (Å²) in [5.41, 5.74) is 20.7. The van der Waals surface area contributed by atoms with Crippen LogP contribution >= 0.6 is 0 Å². The van der Waals surface area contributed by atoms with Crippen LogP contribution in [0.4, 0.5) is 17.1 Å². The molecule has 0 saturated carbocycles. The fourth-order valence-electron chi connectivity index (χ4n) is 11.5. The van der Waals surface area contributed by atoms with Crippen molar-refractivity contribution in [1.82, 2.24) is 0 Å². The molecule has 2 aliphatic rings. The van der Waals surface area contributed by atoms with E-state index in [4.69, 9.17) is 4.42 Å². The average Bonchev–Trinajstić information content (AvgIpc) is 3.99. The summed E-state index contributed by atoms with van der Waals surface area (Å²) in [5.74, 6) is 0. The second-order valence-electron chi connectivity index (χ2n) is 17.7. The number of para-hydroxylation sites is 1. The van der Waals surface area contributed by atoms with Gasteiger partial charge in [-0.25, -0.2) is 0 Å². The molecule has 0 amide bonds. The molecule has 13 rings (SSSR count). The Morgan fingerprint density at radius 3 is 1.52 bits per heavy atom. The lowest BCUT2D eigenvalue weighted by molar-refractivity contribution is 0.669. The molecule has 0 saturated heterocycles. The number of hydrogen-bond donors (Lipinski definition) is 0. The Kier molecular flexibility index (Phi) is 8.29. The van der Waals surface area contributed by atoms with Gasteiger partial charge in [0.1, 0.15) is 11.2 Å². The van der Waals surface area contributed by atoms with Crippen LogP contribution < -0.4 is 4.90 Å². The molecule has 2 heteroatoms. The molecular weight excluding hydrogens is 787 g/mol. The Hall–Kier alpha value is -8.20. The largest absolute Gasteiger partial charge is 0.456 e. The fraction of sp³-hybridized carbons (Fsp3) is 0.0476. The van der Waals surface area contributed by atoms with Crippen LogP contribution in [0.3, 0.4) is 0 Å². The van der Waals surface area contributed by atoms with E-state index in [0.29, 0.717) is 0 Å². The van der Waals surface area contributed by atoms with Crippen LogP contribution in [-0.4, -0.2) is 0 Å². The van der Waals surface area contributed by atoms with Crippen LogP contribution in [0, 0.1) is 0 Å². The Labute approximate surface area is 379 Å². The maximum atomic E-state index is 6.25. The number of benzene rings is 10. The van der Waals surface area contributed by atoms with Gasteiger partial charge in [0.2, 0.25) is 0 Å². The highest BCUT2D eigenvalue weighted by Crippen LogP contribution is 2.58. The summed E-state index contributed by atoms with van der Waals surface area (Å²) in [6.07, 6.45) is 0. The van der Waals surface area contributed by atoms with E-state index in [0.717, 1.165) is 50.1 Å². The molecule has 0 spiro atoms. The summed E-state index contributed by atoms with van der Waals surface area (Å²) in [4.78, 5) is 2.46. The lowest BCUT2D eigenvalue weighted by Crippen LogP contribution is -2.28. The molecule has 11 aromatic rings. The highest BCUT2D eigenvalue weighted by molar-refractivity contribution is 6.06. The van der Waals surface area contributed by atoms with Crippen molar-refractivity contribution in [1.29, 1.82) is 0 Å². The van der Waals surface area contributed by atoms with Gasteiger partial charge in [0.05, 0.1) is 5.41 Å². The van der Waals surface area contributed by atoms with E-state index >= 15 is 0 Å². The lowest BCUT2D eigenvalue weighted by atomic mass is 9.68. The molecule has 1 aromatic heterocycles. The van der Waals surface area contributed by atoms with Crippen LogP contribution in [0.25, 0.3) is 55.3 Å². The van der Waals surface area contributed by atoms with Gasteiger partial charge in [-0.3, -0.25) is 0 Å². The average molecular weight is 830 g/mol. The maximum absolute atomic E-state index is 6.25. The number of hydrogen-bond acceptors (Lipinski definition) is 2. The molecule has 0 aliphatic heterocycles. The zero-order valence-electron chi connectivity index (χ0n) is 35.9. The Balaban J connectivity index is 1.04. The summed E-state index contributed by atoms with van der Waals surface area (Å²) in [7, 11) is 0. The summed E-state index contributed by atoms with van der Waals surface area (Å²) in [5, 5.41) is 2.25.